The number of rotatable bonds is 6. The lowest BCUT2D eigenvalue weighted by atomic mass is 10.4. The molecule has 2 amide bonds. The Morgan fingerprint density at radius 1 is 1.75 bits per heavy atom. The number of amides is 2. The Hall–Kier alpha value is -1.03. The first-order chi connectivity index (χ1) is 5.72. The van der Waals surface area contributed by atoms with E-state index in [4.69, 9.17) is 10.6 Å². The Bertz CT molecular complexity index is 148. The third-order valence-electron chi connectivity index (χ3n) is 1.29. The number of hydroxylamine groups is 2. The van der Waals surface area contributed by atoms with Crippen LogP contribution in [0.1, 0.15) is 19.8 Å². The first kappa shape index (κ1) is 11.0. The Labute approximate surface area is 72.9 Å². The third-order valence-corrected chi connectivity index (χ3v) is 1.29. The van der Waals surface area contributed by atoms with Gasteiger partial charge in [-0.1, -0.05) is 19.4 Å². The first-order valence-electron chi connectivity index (χ1n) is 4.03. The summed E-state index contributed by atoms with van der Waals surface area (Å²) in [6.07, 6.45) is 3.51. The molecular weight excluding hydrogens is 156 g/mol. The van der Waals surface area contributed by atoms with Crippen molar-refractivity contribution in [2.75, 3.05) is 13.2 Å². The molecule has 0 aromatic rings. The summed E-state index contributed by atoms with van der Waals surface area (Å²) >= 11 is 0. The first-order valence-corrected chi connectivity index (χ1v) is 4.03. The van der Waals surface area contributed by atoms with E-state index in [0.717, 1.165) is 17.9 Å². The van der Waals surface area contributed by atoms with Crippen LogP contribution >= 0.6 is 0 Å². The average Bonchev–Trinajstić information content (AvgIpc) is 2.03. The van der Waals surface area contributed by atoms with Crippen LogP contribution in [0.15, 0.2) is 12.7 Å². The third kappa shape index (κ3) is 4.73. The van der Waals surface area contributed by atoms with Crippen LogP contribution in [-0.2, 0) is 4.84 Å². The molecule has 0 aliphatic carbocycles. The Balaban J connectivity index is 3.63. The van der Waals surface area contributed by atoms with Gasteiger partial charge < -0.3 is 5.73 Å². The number of unbranched alkanes of at least 4 members (excludes halogenated alkanes) is 1. The van der Waals surface area contributed by atoms with Gasteiger partial charge in [-0.2, -0.15) is 5.06 Å². The summed E-state index contributed by atoms with van der Waals surface area (Å²) in [4.78, 5) is 15.7. The molecule has 4 heteroatoms. The summed E-state index contributed by atoms with van der Waals surface area (Å²) in [6, 6.07) is -0.578. The second-order valence-corrected chi connectivity index (χ2v) is 2.37. The van der Waals surface area contributed by atoms with Crippen LogP contribution < -0.4 is 5.73 Å². The highest BCUT2D eigenvalue weighted by molar-refractivity contribution is 5.70. The highest BCUT2D eigenvalue weighted by Crippen LogP contribution is 1.94. The van der Waals surface area contributed by atoms with Crippen molar-refractivity contribution in [3.05, 3.63) is 12.7 Å². The fraction of sp³-hybridized carbons (Fsp3) is 0.625. The standard InChI is InChI=1S/C8H16N2O2/c1-3-5-7-12-10(6-4-2)8(9)11/h4H,2-3,5-7H2,1H3,(H2,9,11). The van der Waals surface area contributed by atoms with E-state index >= 15 is 0 Å². The molecule has 0 heterocycles. The molecule has 70 valence electrons. The minimum Gasteiger partial charge on any atom is -0.350 e. The smallest absolute Gasteiger partial charge is 0.339 e. The Morgan fingerprint density at radius 3 is 2.83 bits per heavy atom. The molecule has 4 nitrogen and oxygen atoms in total. The molecule has 0 fully saturated rings. The molecule has 0 aromatic carbocycles. The van der Waals surface area contributed by atoms with Gasteiger partial charge in [0.05, 0.1) is 13.2 Å². The van der Waals surface area contributed by atoms with E-state index in [0.29, 0.717) is 13.2 Å². The van der Waals surface area contributed by atoms with Crippen molar-refractivity contribution in [3.63, 3.8) is 0 Å². The van der Waals surface area contributed by atoms with Crippen molar-refractivity contribution in [2.45, 2.75) is 19.8 Å². The number of urea groups is 1. The lowest BCUT2D eigenvalue weighted by Crippen LogP contribution is -2.36. The molecule has 12 heavy (non-hydrogen) atoms. The van der Waals surface area contributed by atoms with Crippen molar-refractivity contribution in [1.82, 2.24) is 5.06 Å². The molecule has 2 N–H and O–H groups in total. The largest absolute Gasteiger partial charge is 0.350 e. The normalized spacial score (nSPS) is 9.42. The van der Waals surface area contributed by atoms with E-state index in [2.05, 4.69) is 6.58 Å². The number of carbonyl (C=O) groups excluding carboxylic acids is 1. The van der Waals surface area contributed by atoms with Crippen LogP contribution in [0.5, 0.6) is 0 Å². The van der Waals surface area contributed by atoms with E-state index in [1.807, 2.05) is 6.92 Å². The van der Waals surface area contributed by atoms with E-state index in [-0.39, 0.29) is 0 Å². The highest BCUT2D eigenvalue weighted by Gasteiger charge is 2.06. The molecule has 0 bridgehead atoms. The molecule has 0 radical (unpaired) electrons. The highest BCUT2D eigenvalue weighted by atomic mass is 16.7. The van der Waals surface area contributed by atoms with Crippen molar-refractivity contribution >= 4 is 6.03 Å². The zero-order valence-electron chi connectivity index (χ0n) is 7.45. The van der Waals surface area contributed by atoms with Gasteiger partial charge in [0.2, 0.25) is 0 Å². The number of primary amides is 1. The second-order valence-electron chi connectivity index (χ2n) is 2.37. The van der Waals surface area contributed by atoms with Crippen LogP contribution in [0.2, 0.25) is 0 Å². The molecule has 0 aliphatic rings. The van der Waals surface area contributed by atoms with Crippen LogP contribution in [-0.4, -0.2) is 24.2 Å². The van der Waals surface area contributed by atoms with Crippen molar-refractivity contribution in [1.29, 1.82) is 0 Å². The number of carbonyl (C=O) groups is 1. The maximum atomic E-state index is 10.7. The van der Waals surface area contributed by atoms with Crippen molar-refractivity contribution in [2.24, 2.45) is 5.73 Å². The molecular formula is C8H16N2O2. The monoisotopic (exact) mass is 172 g/mol. The minimum absolute atomic E-state index is 0.332. The van der Waals surface area contributed by atoms with E-state index in [1.165, 1.54) is 0 Å². The van der Waals surface area contributed by atoms with Gasteiger partial charge in [-0.05, 0) is 6.42 Å². The van der Waals surface area contributed by atoms with Gasteiger partial charge in [-0.25, -0.2) is 4.79 Å². The van der Waals surface area contributed by atoms with E-state index in [1.54, 1.807) is 6.08 Å². The maximum absolute atomic E-state index is 10.7. The van der Waals surface area contributed by atoms with Gasteiger partial charge in [-0.15, -0.1) is 6.58 Å². The minimum atomic E-state index is -0.578. The van der Waals surface area contributed by atoms with E-state index < -0.39 is 6.03 Å². The quantitative estimate of drug-likeness (QED) is 0.373. The summed E-state index contributed by atoms with van der Waals surface area (Å²) < 4.78 is 0. The summed E-state index contributed by atoms with van der Waals surface area (Å²) in [5.74, 6) is 0. The van der Waals surface area contributed by atoms with Crippen LogP contribution in [0.25, 0.3) is 0 Å². The molecule has 0 aliphatic heterocycles. The van der Waals surface area contributed by atoms with Gasteiger partial charge in [0, 0.05) is 0 Å². The van der Waals surface area contributed by atoms with Crippen LogP contribution in [0, 0.1) is 0 Å². The van der Waals surface area contributed by atoms with Crippen molar-refractivity contribution < 1.29 is 9.63 Å². The lowest BCUT2D eigenvalue weighted by Gasteiger charge is -2.17. The SMILES string of the molecule is C=CCN(OCCCC)C(N)=O. The summed E-state index contributed by atoms with van der Waals surface area (Å²) in [5, 5.41) is 1.10. The molecule has 0 saturated carbocycles. The predicted octanol–water partition coefficient (Wildman–Crippen LogP) is 1.28. The summed E-state index contributed by atoms with van der Waals surface area (Å²) in [6.45, 7) is 6.38. The molecule has 0 spiro atoms. The molecule has 0 saturated heterocycles. The Kier molecular flexibility index (Phi) is 6.09. The second kappa shape index (κ2) is 6.67. The predicted molar refractivity (Wildman–Crippen MR) is 47.3 cm³/mol. The van der Waals surface area contributed by atoms with Gasteiger partial charge in [0.15, 0.2) is 0 Å². The van der Waals surface area contributed by atoms with Crippen LogP contribution in [0.4, 0.5) is 4.79 Å². The maximum Gasteiger partial charge on any atom is 0.339 e. The fourth-order valence-corrected chi connectivity index (χ4v) is 0.643. The fourth-order valence-electron chi connectivity index (χ4n) is 0.643. The molecule has 0 rings (SSSR count). The number of hydrogen-bond acceptors (Lipinski definition) is 2. The zero-order chi connectivity index (χ0) is 9.40. The topological polar surface area (TPSA) is 55.6 Å². The van der Waals surface area contributed by atoms with Gasteiger partial charge >= 0.3 is 6.03 Å². The molecule has 0 unspecified atom stereocenters. The van der Waals surface area contributed by atoms with Crippen molar-refractivity contribution in [3.8, 4) is 0 Å². The molecule has 0 atom stereocenters. The molecule has 0 aromatic heterocycles. The van der Waals surface area contributed by atoms with Gasteiger partial charge in [-0.3, -0.25) is 4.84 Å². The van der Waals surface area contributed by atoms with Crippen LogP contribution in [0.3, 0.4) is 0 Å². The average molecular weight is 172 g/mol. The number of nitrogens with two attached hydrogens (primary N) is 1. The van der Waals surface area contributed by atoms with Gasteiger partial charge in [0.1, 0.15) is 0 Å². The number of nitrogens with zero attached hydrogens (tertiary/aromatic N) is 1. The lowest BCUT2D eigenvalue weighted by molar-refractivity contribution is -0.108. The zero-order valence-corrected chi connectivity index (χ0v) is 7.45. The number of hydrogen-bond donors (Lipinski definition) is 1. The summed E-state index contributed by atoms with van der Waals surface area (Å²) in [7, 11) is 0. The summed E-state index contributed by atoms with van der Waals surface area (Å²) in [5.41, 5.74) is 5.02. The van der Waals surface area contributed by atoms with Gasteiger partial charge in [0.25, 0.3) is 0 Å². The Morgan fingerprint density at radius 2 is 2.42 bits per heavy atom. The van der Waals surface area contributed by atoms with E-state index in [9.17, 15) is 4.79 Å².